The standard InChI is InChI=1S/C63H55NSi/c1-63(2)60-31-19-18-30-58(60)62-59(50-34-32-48(33-35-50)46-20-8-3-9-21-46)44-53(45-61(62)63)64(51-38-36-49(37-39-51)47-22-10-4-11-23-47)52-40-42-57(43-41-52)65(54-24-12-5-13-25-54,55-26-14-6-15-27-55)56-28-16-7-17-29-56/h3,5-9,12-21,24-45,47H,4,10-11,22-23H2,1-2H3. The Kier molecular flexibility index (Phi) is 10.8. The van der Waals surface area contributed by atoms with E-state index in [1.54, 1.807) is 0 Å². The number of nitrogens with zero attached hydrogens (tertiary/aromatic N) is 1. The van der Waals surface area contributed by atoms with Gasteiger partial charge in [-0.1, -0.05) is 227 Å². The summed E-state index contributed by atoms with van der Waals surface area (Å²) < 4.78 is 0. The molecule has 0 N–H and O–H groups in total. The van der Waals surface area contributed by atoms with E-state index in [4.69, 9.17) is 0 Å². The van der Waals surface area contributed by atoms with Crippen LogP contribution in [0.4, 0.5) is 17.1 Å². The van der Waals surface area contributed by atoms with Crippen molar-refractivity contribution in [3.8, 4) is 33.4 Å². The Bertz CT molecular complexity index is 2950. The molecule has 2 aliphatic carbocycles. The molecule has 0 heterocycles. The summed E-state index contributed by atoms with van der Waals surface area (Å²) in [6.07, 6.45) is 6.58. The summed E-state index contributed by atoms with van der Waals surface area (Å²) in [6, 6.07) is 87.0. The van der Waals surface area contributed by atoms with Gasteiger partial charge in [0.1, 0.15) is 0 Å². The minimum atomic E-state index is -2.71. The second kappa shape index (κ2) is 17.2. The minimum Gasteiger partial charge on any atom is -0.310 e. The smallest absolute Gasteiger partial charge is 0.179 e. The third kappa shape index (κ3) is 7.27. The second-order valence-corrected chi connectivity index (χ2v) is 22.5. The van der Waals surface area contributed by atoms with Gasteiger partial charge >= 0.3 is 0 Å². The molecule has 316 valence electrons. The number of benzene rings is 9. The summed E-state index contributed by atoms with van der Waals surface area (Å²) in [7, 11) is -2.71. The van der Waals surface area contributed by atoms with Crippen molar-refractivity contribution in [2.24, 2.45) is 0 Å². The lowest BCUT2D eigenvalue weighted by Crippen LogP contribution is -2.74. The maximum absolute atomic E-state index is 2.71. The number of anilines is 3. The highest BCUT2D eigenvalue weighted by atomic mass is 28.3. The Balaban J connectivity index is 1.11. The first-order valence-electron chi connectivity index (χ1n) is 23.6. The molecule has 0 bridgehead atoms. The lowest BCUT2D eigenvalue weighted by atomic mass is 9.81. The van der Waals surface area contributed by atoms with Crippen LogP contribution in [-0.4, -0.2) is 8.07 Å². The predicted octanol–water partition coefficient (Wildman–Crippen LogP) is 14.2. The topological polar surface area (TPSA) is 3.24 Å². The van der Waals surface area contributed by atoms with Crippen molar-refractivity contribution in [1.82, 2.24) is 0 Å². The molecule has 9 aromatic rings. The summed E-state index contributed by atoms with van der Waals surface area (Å²) in [6.45, 7) is 4.81. The molecule has 11 rings (SSSR count). The van der Waals surface area contributed by atoms with Gasteiger partial charge in [0, 0.05) is 22.5 Å². The summed E-state index contributed by atoms with van der Waals surface area (Å²) >= 11 is 0. The van der Waals surface area contributed by atoms with Crippen LogP contribution >= 0.6 is 0 Å². The molecule has 0 unspecified atom stereocenters. The van der Waals surface area contributed by atoms with Gasteiger partial charge in [0.25, 0.3) is 0 Å². The monoisotopic (exact) mass is 853 g/mol. The SMILES string of the molecule is CC1(C)c2ccccc2-c2c(-c3ccc(-c4ccccc4)cc3)cc(N(c3ccc(C4CCCCC4)cc3)c3ccc([Si](c4ccccc4)(c4ccccc4)c4ccccc4)cc3)cc21. The Labute approximate surface area is 386 Å². The Morgan fingerprint density at radius 1 is 0.385 bits per heavy atom. The van der Waals surface area contributed by atoms with Gasteiger partial charge in [-0.15, -0.1) is 0 Å². The predicted molar refractivity (Wildman–Crippen MR) is 279 cm³/mol. The van der Waals surface area contributed by atoms with Gasteiger partial charge in [-0.3, -0.25) is 0 Å². The van der Waals surface area contributed by atoms with Crippen molar-refractivity contribution in [2.75, 3.05) is 4.90 Å². The first-order valence-corrected chi connectivity index (χ1v) is 25.6. The zero-order valence-electron chi connectivity index (χ0n) is 37.5. The lowest BCUT2D eigenvalue weighted by Gasteiger charge is -2.35. The van der Waals surface area contributed by atoms with E-state index in [1.165, 1.54) is 114 Å². The molecule has 0 radical (unpaired) electrons. The zero-order chi connectivity index (χ0) is 43.8. The molecule has 1 nitrogen and oxygen atoms in total. The van der Waals surface area contributed by atoms with Crippen molar-refractivity contribution >= 4 is 45.9 Å². The van der Waals surface area contributed by atoms with E-state index in [1.807, 2.05) is 0 Å². The summed E-state index contributed by atoms with van der Waals surface area (Å²) in [5.41, 5.74) is 15.1. The quantitative estimate of drug-likeness (QED) is 0.0979. The summed E-state index contributed by atoms with van der Waals surface area (Å²) in [5, 5.41) is 5.50. The molecular weight excluding hydrogens is 799 g/mol. The lowest BCUT2D eigenvalue weighted by molar-refractivity contribution is 0.443. The maximum Gasteiger partial charge on any atom is 0.179 e. The normalized spacial score (nSPS) is 14.4. The third-order valence-corrected chi connectivity index (χ3v) is 19.4. The molecule has 0 aliphatic heterocycles. The average Bonchev–Trinajstić information content (AvgIpc) is 3.61. The van der Waals surface area contributed by atoms with Crippen LogP contribution in [0.1, 0.15) is 68.6 Å². The maximum atomic E-state index is 2.52. The second-order valence-electron chi connectivity index (χ2n) is 18.7. The van der Waals surface area contributed by atoms with E-state index < -0.39 is 8.07 Å². The first kappa shape index (κ1) is 40.8. The number of rotatable bonds is 10. The highest BCUT2D eigenvalue weighted by molar-refractivity contribution is 7.19. The van der Waals surface area contributed by atoms with Crippen LogP contribution in [0, 0.1) is 0 Å². The fourth-order valence-corrected chi connectivity index (χ4v) is 16.1. The minimum absolute atomic E-state index is 0.187. The number of fused-ring (bicyclic) bond motifs is 3. The molecule has 0 amide bonds. The molecule has 0 aromatic heterocycles. The van der Waals surface area contributed by atoms with E-state index in [-0.39, 0.29) is 5.41 Å². The van der Waals surface area contributed by atoms with Crippen LogP contribution < -0.4 is 25.6 Å². The number of hydrogen-bond acceptors (Lipinski definition) is 1. The molecular formula is C63H55NSi. The van der Waals surface area contributed by atoms with Crippen molar-refractivity contribution < 1.29 is 0 Å². The Morgan fingerprint density at radius 2 is 0.846 bits per heavy atom. The van der Waals surface area contributed by atoms with Crippen LogP contribution in [0.3, 0.4) is 0 Å². The highest BCUT2D eigenvalue weighted by Crippen LogP contribution is 2.54. The van der Waals surface area contributed by atoms with E-state index in [0.29, 0.717) is 5.92 Å². The summed E-state index contributed by atoms with van der Waals surface area (Å²) in [4.78, 5) is 2.52. The number of hydrogen-bond donors (Lipinski definition) is 0. The van der Waals surface area contributed by atoms with Gasteiger partial charge in [0.2, 0.25) is 0 Å². The molecule has 1 fully saturated rings. The highest BCUT2D eigenvalue weighted by Gasteiger charge is 2.42. The van der Waals surface area contributed by atoms with Crippen molar-refractivity contribution in [2.45, 2.75) is 57.3 Å². The van der Waals surface area contributed by atoms with Gasteiger partial charge in [0.05, 0.1) is 0 Å². The largest absolute Gasteiger partial charge is 0.310 e. The molecule has 0 saturated heterocycles. The molecule has 9 aromatic carbocycles. The van der Waals surface area contributed by atoms with Gasteiger partial charge in [-0.25, -0.2) is 0 Å². The van der Waals surface area contributed by atoms with Crippen molar-refractivity contribution in [1.29, 1.82) is 0 Å². The van der Waals surface area contributed by atoms with Crippen LogP contribution in [0.25, 0.3) is 33.4 Å². The fraction of sp³-hybridized carbons (Fsp3) is 0.143. The van der Waals surface area contributed by atoms with E-state index in [0.717, 1.165) is 5.69 Å². The molecule has 0 atom stereocenters. The molecule has 2 heteroatoms. The third-order valence-electron chi connectivity index (χ3n) is 14.6. The average molecular weight is 854 g/mol. The zero-order valence-corrected chi connectivity index (χ0v) is 38.5. The van der Waals surface area contributed by atoms with E-state index in [9.17, 15) is 0 Å². The van der Waals surface area contributed by atoms with Gasteiger partial charge in [0.15, 0.2) is 8.07 Å². The first-order chi connectivity index (χ1) is 32.0. The Morgan fingerprint density at radius 3 is 1.42 bits per heavy atom. The Hall–Kier alpha value is -7.00. The van der Waals surface area contributed by atoms with Crippen LogP contribution in [0.15, 0.2) is 231 Å². The molecule has 2 aliphatic rings. The van der Waals surface area contributed by atoms with Gasteiger partial charge < -0.3 is 4.90 Å². The van der Waals surface area contributed by atoms with Crippen LogP contribution in [-0.2, 0) is 5.41 Å². The van der Waals surface area contributed by atoms with Gasteiger partial charge in [-0.2, -0.15) is 0 Å². The molecule has 65 heavy (non-hydrogen) atoms. The van der Waals surface area contributed by atoms with Crippen molar-refractivity contribution in [3.05, 3.63) is 247 Å². The summed E-state index contributed by atoms with van der Waals surface area (Å²) in [5.74, 6) is 0.641. The molecule has 1 saturated carbocycles. The molecule has 0 spiro atoms. The van der Waals surface area contributed by atoms with E-state index in [2.05, 4.69) is 249 Å². The van der Waals surface area contributed by atoms with E-state index >= 15 is 0 Å². The van der Waals surface area contributed by atoms with Crippen molar-refractivity contribution in [3.63, 3.8) is 0 Å². The van der Waals surface area contributed by atoms with Crippen LogP contribution in [0.2, 0.25) is 0 Å². The van der Waals surface area contributed by atoms with Crippen LogP contribution in [0.5, 0.6) is 0 Å². The van der Waals surface area contributed by atoms with Gasteiger partial charge in [-0.05, 0) is 126 Å². The fourth-order valence-electron chi connectivity index (χ4n) is 11.3.